The summed E-state index contributed by atoms with van der Waals surface area (Å²) in [5, 5.41) is 3.98. The van der Waals surface area contributed by atoms with Crippen molar-refractivity contribution in [3.63, 3.8) is 0 Å². The van der Waals surface area contributed by atoms with Crippen LogP contribution in [0.4, 0.5) is 0 Å². The fraction of sp³-hybridized carbons (Fsp3) is 0.500. The lowest BCUT2D eigenvalue weighted by Crippen LogP contribution is -2.17. The first-order valence-corrected chi connectivity index (χ1v) is 6.99. The summed E-state index contributed by atoms with van der Waals surface area (Å²) in [5.74, 6) is 1.86. The van der Waals surface area contributed by atoms with Crippen LogP contribution in [0.3, 0.4) is 0 Å². The van der Waals surface area contributed by atoms with Gasteiger partial charge in [-0.25, -0.2) is 0 Å². The Morgan fingerprint density at radius 1 is 1.50 bits per heavy atom. The monoisotopic (exact) mass is 259 g/mol. The van der Waals surface area contributed by atoms with E-state index < -0.39 is 0 Å². The van der Waals surface area contributed by atoms with Crippen molar-refractivity contribution in [2.75, 3.05) is 26.2 Å². The molecule has 0 saturated carbocycles. The predicted molar refractivity (Wildman–Crippen MR) is 72.8 cm³/mol. The first-order valence-electron chi connectivity index (χ1n) is 5.22. The van der Waals surface area contributed by atoms with Crippen molar-refractivity contribution < 1.29 is 4.74 Å². The van der Waals surface area contributed by atoms with Gasteiger partial charge >= 0.3 is 0 Å². The van der Waals surface area contributed by atoms with Gasteiger partial charge in [0.2, 0.25) is 0 Å². The van der Waals surface area contributed by atoms with E-state index in [1.165, 1.54) is 5.56 Å². The van der Waals surface area contributed by atoms with Crippen LogP contribution in [0.15, 0.2) is 18.2 Å². The van der Waals surface area contributed by atoms with Crippen LogP contribution in [0.5, 0.6) is 5.75 Å². The van der Waals surface area contributed by atoms with E-state index in [9.17, 15) is 0 Å². The van der Waals surface area contributed by atoms with Crippen LogP contribution in [0, 0.1) is 0 Å². The lowest BCUT2D eigenvalue weighted by Gasteiger charge is -2.17. The van der Waals surface area contributed by atoms with Crippen molar-refractivity contribution in [1.82, 2.24) is 5.32 Å². The van der Waals surface area contributed by atoms with Crippen molar-refractivity contribution in [2.45, 2.75) is 12.5 Å². The summed E-state index contributed by atoms with van der Waals surface area (Å²) in [6.45, 7) is 0. The van der Waals surface area contributed by atoms with Gasteiger partial charge in [-0.15, -0.1) is 0 Å². The molecular formula is C12H18ClNOS. The van der Waals surface area contributed by atoms with E-state index in [2.05, 4.69) is 17.6 Å². The molecule has 0 spiro atoms. The Kier molecular flexibility index (Phi) is 6.03. The Morgan fingerprint density at radius 2 is 2.25 bits per heavy atom. The molecule has 16 heavy (non-hydrogen) atoms. The van der Waals surface area contributed by atoms with E-state index in [4.69, 9.17) is 16.3 Å². The molecule has 0 radical (unpaired) electrons. The molecule has 0 saturated heterocycles. The Morgan fingerprint density at radius 3 is 2.75 bits per heavy atom. The minimum absolute atomic E-state index is 0.357. The molecular weight excluding hydrogens is 242 g/mol. The molecule has 0 amide bonds. The number of halogens is 1. The fourth-order valence-electron chi connectivity index (χ4n) is 1.61. The minimum Gasteiger partial charge on any atom is -0.495 e. The van der Waals surface area contributed by atoms with Crippen LogP contribution in [0.25, 0.3) is 0 Å². The van der Waals surface area contributed by atoms with Crippen LogP contribution in [0.1, 0.15) is 18.0 Å². The molecule has 1 aromatic rings. The van der Waals surface area contributed by atoms with Gasteiger partial charge in [0.1, 0.15) is 5.75 Å². The first-order chi connectivity index (χ1) is 7.72. The van der Waals surface area contributed by atoms with E-state index in [1.807, 2.05) is 30.9 Å². The lowest BCUT2D eigenvalue weighted by molar-refractivity contribution is 0.414. The van der Waals surface area contributed by atoms with Gasteiger partial charge in [-0.05, 0) is 43.2 Å². The SMILES string of the molecule is CNC(CCSC)c1ccc(OC)c(Cl)c1. The van der Waals surface area contributed by atoms with Crippen LogP contribution in [-0.2, 0) is 0 Å². The molecule has 1 rings (SSSR count). The van der Waals surface area contributed by atoms with Gasteiger partial charge in [-0.3, -0.25) is 0 Å². The first kappa shape index (κ1) is 13.7. The highest BCUT2D eigenvalue weighted by atomic mass is 35.5. The molecule has 0 bridgehead atoms. The average Bonchev–Trinajstić information content (AvgIpc) is 2.30. The quantitative estimate of drug-likeness (QED) is 0.847. The molecule has 1 aromatic carbocycles. The van der Waals surface area contributed by atoms with E-state index in [0.717, 1.165) is 17.9 Å². The van der Waals surface area contributed by atoms with Crippen molar-refractivity contribution in [3.8, 4) is 5.75 Å². The number of ether oxygens (including phenoxy) is 1. The number of thioether (sulfide) groups is 1. The summed E-state index contributed by atoms with van der Waals surface area (Å²) in [5.41, 5.74) is 1.21. The Hall–Kier alpha value is -0.380. The molecule has 0 aliphatic heterocycles. The molecule has 2 nitrogen and oxygen atoms in total. The molecule has 0 fully saturated rings. The molecule has 90 valence electrons. The summed E-state index contributed by atoms with van der Waals surface area (Å²) < 4.78 is 5.14. The number of hydrogen-bond acceptors (Lipinski definition) is 3. The zero-order valence-corrected chi connectivity index (χ0v) is 11.5. The molecule has 1 unspecified atom stereocenters. The average molecular weight is 260 g/mol. The fourth-order valence-corrected chi connectivity index (χ4v) is 2.35. The predicted octanol–water partition coefficient (Wildman–Crippen LogP) is 3.36. The number of benzene rings is 1. The van der Waals surface area contributed by atoms with E-state index in [1.54, 1.807) is 7.11 Å². The summed E-state index contributed by atoms with van der Waals surface area (Å²) in [4.78, 5) is 0. The molecule has 4 heteroatoms. The van der Waals surface area contributed by atoms with Gasteiger partial charge in [0.25, 0.3) is 0 Å². The van der Waals surface area contributed by atoms with Gasteiger partial charge in [-0.2, -0.15) is 11.8 Å². The number of methoxy groups -OCH3 is 1. The maximum atomic E-state index is 6.11. The van der Waals surface area contributed by atoms with E-state index in [0.29, 0.717) is 11.1 Å². The van der Waals surface area contributed by atoms with Crippen molar-refractivity contribution >= 4 is 23.4 Å². The topological polar surface area (TPSA) is 21.3 Å². The summed E-state index contributed by atoms with van der Waals surface area (Å²) in [6.07, 6.45) is 3.22. The van der Waals surface area contributed by atoms with Gasteiger partial charge in [0.15, 0.2) is 0 Å². The second-order valence-electron chi connectivity index (χ2n) is 3.52. The number of rotatable bonds is 6. The molecule has 0 aromatic heterocycles. The Labute approximate surface area is 107 Å². The molecule has 1 N–H and O–H groups in total. The zero-order valence-electron chi connectivity index (χ0n) is 9.92. The molecule has 1 atom stereocenters. The highest BCUT2D eigenvalue weighted by Crippen LogP contribution is 2.28. The van der Waals surface area contributed by atoms with Crippen LogP contribution < -0.4 is 10.1 Å². The van der Waals surface area contributed by atoms with E-state index >= 15 is 0 Å². The van der Waals surface area contributed by atoms with Gasteiger partial charge < -0.3 is 10.1 Å². The lowest BCUT2D eigenvalue weighted by atomic mass is 10.0. The summed E-state index contributed by atoms with van der Waals surface area (Å²) in [6, 6.07) is 6.31. The van der Waals surface area contributed by atoms with E-state index in [-0.39, 0.29) is 0 Å². The molecule has 0 aliphatic carbocycles. The van der Waals surface area contributed by atoms with Crippen molar-refractivity contribution in [3.05, 3.63) is 28.8 Å². The second-order valence-corrected chi connectivity index (χ2v) is 4.91. The third-order valence-electron chi connectivity index (χ3n) is 2.54. The zero-order chi connectivity index (χ0) is 12.0. The number of hydrogen-bond donors (Lipinski definition) is 1. The molecule has 0 aliphatic rings. The maximum absolute atomic E-state index is 6.11. The minimum atomic E-state index is 0.357. The summed E-state index contributed by atoms with van der Waals surface area (Å²) >= 11 is 7.96. The van der Waals surface area contributed by atoms with Crippen LogP contribution in [0.2, 0.25) is 5.02 Å². The van der Waals surface area contributed by atoms with Gasteiger partial charge in [0, 0.05) is 6.04 Å². The summed E-state index contributed by atoms with van der Waals surface area (Å²) in [7, 11) is 3.60. The largest absolute Gasteiger partial charge is 0.495 e. The van der Waals surface area contributed by atoms with Gasteiger partial charge in [0.05, 0.1) is 12.1 Å². The highest BCUT2D eigenvalue weighted by Gasteiger charge is 2.10. The van der Waals surface area contributed by atoms with Gasteiger partial charge in [-0.1, -0.05) is 17.7 Å². The van der Waals surface area contributed by atoms with Crippen LogP contribution in [-0.4, -0.2) is 26.2 Å². The third kappa shape index (κ3) is 3.58. The smallest absolute Gasteiger partial charge is 0.137 e. The van der Waals surface area contributed by atoms with Crippen molar-refractivity contribution in [2.24, 2.45) is 0 Å². The van der Waals surface area contributed by atoms with Crippen LogP contribution >= 0.6 is 23.4 Å². The highest BCUT2D eigenvalue weighted by molar-refractivity contribution is 7.98. The third-order valence-corrected chi connectivity index (χ3v) is 3.48. The maximum Gasteiger partial charge on any atom is 0.137 e. The Bertz CT molecular complexity index is 333. The normalized spacial score (nSPS) is 12.5. The molecule has 0 heterocycles. The second kappa shape index (κ2) is 7.05. The van der Waals surface area contributed by atoms with Crippen molar-refractivity contribution in [1.29, 1.82) is 0 Å². The Balaban J connectivity index is 2.80. The number of nitrogens with one attached hydrogen (secondary N) is 1. The standard InChI is InChI=1S/C12H18ClNOS/c1-14-11(6-7-16-3)9-4-5-12(15-2)10(13)8-9/h4-5,8,11,14H,6-7H2,1-3H3.